The third-order valence-electron chi connectivity index (χ3n) is 2.25. The summed E-state index contributed by atoms with van der Waals surface area (Å²) in [5.41, 5.74) is 0.924. The number of aromatic nitrogens is 5. The van der Waals surface area contributed by atoms with Crippen LogP contribution in [0.4, 0.5) is 0 Å². The molecule has 2 heterocycles. The molecule has 5 nitrogen and oxygen atoms in total. The maximum atomic E-state index is 5.23. The van der Waals surface area contributed by atoms with E-state index < -0.39 is 0 Å². The van der Waals surface area contributed by atoms with Crippen molar-refractivity contribution in [1.82, 2.24) is 25.1 Å². The number of hydrogen-bond donors (Lipinski definition) is 2. The van der Waals surface area contributed by atoms with Crippen LogP contribution in [0, 0.1) is 4.64 Å². The van der Waals surface area contributed by atoms with E-state index in [-0.39, 0.29) is 5.41 Å². The Bertz CT molecular complexity index is 582. The average molecular weight is 314 g/mol. The van der Waals surface area contributed by atoms with Crippen molar-refractivity contribution in [2.24, 2.45) is 0 Å². The molecule has 7 heteroatoms. The maximum absolute atomic E-state index is 5.23. The molecule has 0 spiro atoms. The Morgan fingerprint density at radius 1 is 1.29 bits per heavy atom. The molecule has 2 rings (SSSR count). The third kappa shape index (κ3) is 2.44. The van der Waals surface area contributed by atoms with E-state index in [1.165, 1.54) is 6.33 Å². The molecule has 0 aliphatic heterocycles. The first-order chi connectivity index (χ1) is 7.89. The zero-order valence-electron chi connectivity index (χ0n) is 9.71. The van der Waals surface area contributed by atoms with Crippen molar-refractivity contribution in [2.75, 3.05) is 0 Å². The summed E-state index contributed by atoms with van der Waals surface area (Å²) in [6.45, 7) is 6.30. The van der Waals surface area contributed by atoms with Gasteiger partial charge >= 0.3 is 0 Å². The first-order valence-electron chi connectivity index (χ1n) is 5.05. The quantitative estimate of drug-likeness (QED) is 0.794. The van der Waals surface area contributed by atoms with Gasteiger partial charge in [0.15, 0.2) is 11.6 Å². The van der Waals surface area contributed by atoms with E-state index in [0.29, 0.717) is 16.3 Å². The number of H-pyrrole nitrogens is 2. The van der Waals surface area contributed by atoms with E-state index in [4.69, 9.17) is 12.2 Å². The molecule has 0 radical (unpaired) electrons. The molecule has 2 aromatic rings. The van der Waals surface area contributed by atoms with Crippen molar-refractivity contribution in [3.05, 3.63) is 21.1 Å². The van der Waals surface area contributed by atoms with Crippen molar-refractivity contribution in [3.8, 4) is 11.6 Å². The summed E-state index contributed by atoms with van der Waals surface area (Å²) in [5, 5.41) is 6.56. The van der Waals surface area contributed by atoms with Crippen LogP contribution in [0.5, 0.6) is 0 Å². The van der Waals surface area contributed by atoms with Gasteiger partial charge in [0, 0.05) is 11.1 Å². The lowest BCUT2D eigenvalue weighted by molar-refractivity contribution is 0.563. The predicted octanol–water partition coefficient (Wildman–Crippen LogP) is 2.98. The minimum absolute atomic E-state index is 0.0654. The zero-order chi connectivity index (χ0) is 12.6. The fourth-order valence-electron chi connectivity index (χ4n) is 1.41. The van der Waals surface area contributed by atoms with Gasteiger partial charge in [0.1, 0.15) is 11.0 Å². The van der Waals surface area contributed by atoms with Crippen LogP contribution in [0.15, 0.2) is 10.8 Å². The Labute approximate surface area is 112 Å². The molecule has 0 fully saturated rings. The van der Waals surface area contributed by atoms with E-state index in [0.717, 1.165) is 10.2 Å². The molecule has 17 heavy (non-hydrogen) atoms. The van der Waals surface area contributed by atoms with Crippen LogP contribution < -0.4 is 0 Å². The lowest BCUT2D eigenvalue weighted by atomic mass is 9.92. The lowest BCUT2D eigenvalue weighted by Gasteiger charge is -2.20. The molecule has 2 N–H and O–H groups in total. The highest BCUT2D eigenvalue weighted by Gasteiger charge is 2.20. The minimum Gasteiger partial charge on any atom is -0.339 e. The summed E-state index contributed by atoms with van der Waals surface area (Å²) in [6.07, 6.45) is 1.44. The van der Waals surface area contributed by atoms with Gasteiger partial charge in [-0.1, -0.05) is 33.0 Å². The van der Waals surface area contributed by atoms with Crippen molar-refractivity contribution < 1.29 is 0 Å². The maximum Gasteiger partial charge on any atom is 0.191 e. The highest BCUT2D eigenvalue weighted by molar-refractivity contribution is 9.10. The second kappa shape index (κ2) is 4.30. The topological polar surface area (TPSA) is 70.2 Å². The van der Waals surface area contributed by atoms with E-state index >= 15 is 0 Å². The van der Waals surface area contributed by atoms with Crippen LogP contribution in [0.1, 0.15) is 26.5 Å². The van der Waals surface area contributed by atoms with Gasteiger partial charge in [0.25, 0.3) is 0 Å². The summed E-state index contributed by atoms with van der Waals surface area (Å²) in [4.78, 5) is 11.6. The Morgan fingerprint density at radius 2 is 2.00 bits per heavy atom. The summed E-state index contributed by atoms with van der Waals surface area (Å²) >= 11 is 8.70. The van der Waals surface area contributed by atoms with E-state index in [9.17, 15) is 0 Å². The van der Waals surface area contributed by atoms with Crippen LogP contribution in [0.3, 0.4) is 0 Å². The summed E-state index contributed by atoms with van der Waals surface area (Å²) < 4.78 is 1.34. The van der Waals surface area contributed by atoms with Gasteiger partial charge in [0.05, 0.1) is 4.47 Å². The van der Waals surface area contributed by atoms with E-state index in [1.54, 1.807) is 0 Å². The lowest BCUT2D eigenvalue weighted by Crippen LogP contribution is -2.16. The fraction of sp³-hybridized carbons (Fsp3) is 0.400. The second-order valence-corrected chi connectivity index (χ2v) is 5.84. The molecular weight excluding hydrogens is 302 g/mol. The fourth-order valence-corrected chi connectivity index (χ4v) is 2.38. The molecule has 0 amide bonds. The van der Waals surface area contributed by atoms with Crippen molar-refractivity contribution in [3.63, 3.8) is 0 Å². The second-order valence-electron chi connectivity index (χ2n) is 4.66. The van der Waals surface area contributed by atoms with Gasteiger partial charge in [-0.05, 0) is 15.9 Å². The Hall–Kier alpha value is -1.08. The largest absolute Gasteiger partial charge is 0.339 e. The van der Waals surface area contributed by atoms with E-state index in [2.05, 4.69) is 61.9 Å². The molecular formula is C10H12BrN5S. The molecule has 0 atom stereocenters. The van der Waals surface area contributed by atoms with Gasteiger partial charge in [-0.15, -0.1) is 0 Å². The third-order valence-corrected chi connectivity index (χ3v) is 3.58. The summed E-state index contributed by atoms with van der Waals surface area (Å²) in [5.74, 6) is 1.18. The van der Waals surface area contributed by atoms with Gasteiger partial charge in [-0.25, -0.2) is 9.97 Å². The Balaban J connectivity index is 2.67. The molecule has 0 aromatic carbocycles. The van der Waals surface area contributed by atoms with Crippen LogP contribution in [0.25, 0.3) is 11.6 Å². The Kier molecular flexibility index (Phi) is 3.13. The van der Waals surface area contributed by atoms with Gasteiger partial charge in [0.2, 0.25) is 0 Å². The number of halogens is 1. The molecule has 0 unspecified atom stereocenters. The molecule has 0 bridgehead atoms. The summed E-state index contributed by atoms with van der Waals surface area (Å²) in [6, 6.07) is 0. The number of rotatable bonds is 1. The number of aromatic amines is 2. The van der Waals surface area contributed by atoms with E-state index in [1.807, 2.05) is 0 Å². The number of nitrogens with zero attached hydrogens (tertiary/aromatic N) is 3. The van der Waals surface area contributed by atoms with Gasteiger partial charge in [-0.3, -0.25) is 5.10 Å². The number of nitrogens with one attached hydrogen (secondary N) is 2. The molecule has 0 aliphatic rings. The van der Waals surface area contributed by atoms with Crippen LogP contribution in [-0.2, 0) is 5.41 Å². The first-order valence-corrected chi connectivity index (χ1v) is 6.26. The van der Waals surface area contributed by atoms with Crippen molar-refractivity contribution >= 4 is 28.1 Å². The van der Waals surface area contributed by atoms with Crippen molar-refractivity contribution in [2.45, 2.75) is 26.2 Å². The average Bonchev–Trinajstić information content (AvgIpc) is 2.73. The molecule has 0 saturated carbocycles. The standard InChI is InChI=1S/C10H12BrN5S/c1-10(2,3)6-5(11)9(17)15-8(14-6)7-12-4-13-16-7/h4H,1-3H3,(H,12,13,16)(H,14,15,17). The molecule has 0 saturated heterocycles. The smallest absolute Gasteiger partial charge is 0.191 e. The Morgan fingerprint density at radius 3 is 2.53 bits per heavy atom. The zero-order valence-corrected chi connectivity index (χ0v) is 12.1. The SMILES string of the molecule is CC(C)(C)c1[nH]c(-c2ncn[nH]2)nc(=S)c1Br. The number of hydrogen-bond acceptors (Lipinski definition) is 4. The van der Waals surface area contributed by atoms with Crippen LogP contribution in [-0.4, -0.2) is 25.1 Å². The summed E-state index contributed by atoms with van der Waals surface area (Å²) in [7, 11) is 0. The van der Waals surface area contributed by atoms with Crippen molar-refractivity contribution in [1.29, 1.82) is 0 Å². The molecule has 90 valence electrons. The van der Waals surface area contributed by atoms with Crippen LogP contribution >= 0.6 is 28.1 Å². The van der Waals surface area contributed by atoms with Gasteiger partial charge < -0.3 is 4.98 Å². The minimum atomic E-state index is -0.0654. The normalized spacial score (nSPS) is 11.8. The van der Waals surface area contributed by atoms with Gasteiger partial charge in [-0.2, -0.15) is 5.10 Å². The molecule has 2 aromatic heterocycles. The monoisotopic (exact) mass is 313 g/mol. The first kappa shape index (κ1) is 12.4. The highest BCUT2D eigenvalue weighted by atomic mass is 79.9. The predicted molar refractivity (Wildman–Crippen MR) is 71.2 cm³/mol. The van der Waals surface area contributed by atoms with Crippen LogP contribution in [0.2, 0.25) is 0 Å². The molecule has 0 aliphatic carbocycles. The highest BCUT2D eigenvalue weighted by Crippen LogP contribution is 2.29.